The maximum absolute atomic E-state index is 13.0. The number of nitrogens with two attached hydrogens (primary N) is 2. The summed E-state index contributed by atoms with van der Waals surface area (Å²) in [6.45, 7) is 2.93. The Labute approximate surface area is 196 Å². The number of hydrogen-bond donors (Lipinski definition) is 9. The largest absolute Gasteiger partial charge is 0.480 e. The van der Waals surface area contributed by atoms with Gasteiger partial charge in [-0.1, -0.05) is 0 Å². The Balaban J connectivity index is 2.97. The van der Waals surface area contributed by atoms with Gasteiger partial charge in [-0.15, -0.1) is 0 Å². The first-order valence-corrected chi connectivity index (χ1v) is 10.9. The molecule has 192 valence electrons. The van der Waals surface area contributed by atoms with E-state index in [4.69, 9.17) is 11.5 Å². The number of imidazole rings is 1. The number of aromatic nitrogens is 2. The smallest absolute Gasteiger partial charge is 0.326 e. The normalized spacial score (nSPS) is 16.4. The number of H-pyrrole nitrogens is 1. The molecular weight excluding hydrogens is 450 g/mol. The fourth-order valence-electron chi connectivity index (χ4n) is 2.98. The number of nitrogens with zero attached hydrogens (tertiary/aromatic N) is 1. The van der Waals surface area contributed by atoms with Crippen LogP contribution < -0.4 is 27.4 Å². The van der Waals surface area contributed by atoms with Crippen LogP contribution in [0.4, 0.5) is 0 Å². The van der Waals surface area contributed by atoms with Crippen LogP contribution in [0.15, 0.2) is 12.5 Å². The minimum atomic E-state index is -1.50. The summed E-state index contributed by atoms with van der Waals surface area (Å²) >= 11 is 0. The molecule has 0 unspecified atom stereocenters. The summed E-state index contributed by atoms with van der Waals surface area (Å²) in [4.78, 5) is 56.1. The fraction of sp³-hybridized carbons (Fsp3) is 0.650. The highest BCUT2D eigenvalue weighted by Gasteiger charge is 2.33. The third-order valence-corrected chi connectivity index (χ3v) is 5.06. The summed E-state index contributed by atoms with van der Waals surface area (Å²) < 4.78 is 0. The number of carbonyl (C=O) groups is 4. The minimum Gasteiger partial charge on any atom is -0.480 e. The number of hydrogen-bond acceptors (Lipinski definition) is 9. The molecule has 11 N–H and O–H groups in total. The van der Waals surface area contributed by atoms with Crippen molar-refractivity contribution in [1.29, 1.82) is 0 Å². The molecule has 6 atom stereocenters. The van der Waals surface area contributed by atoms with Gasteiger partial charge >= 0.3 is 5.97 Å². The van der Waals surface area contributed by atoms with Crippen LogP contribution in [0.3, 0.4) is 0 Å². The number of carboxylic acids is 1. The molecule has 0 aliphatic heterocycles. The van der Waals surface area contributed by atoms with Gasteiger partial charge in [0.1, 0.15) is 24.2 Å². The highest BCUT2D eigenvalue weighted by atomic mass is 16.4. The number of unbranched alkanes of at least 4 members (excludes halogenated alkanes) is 1. The maximum Gasteiger partial charge on any atom is 0.326 e. The van der Waals surface area contributed by atoms with E-state index in [0.717, 1.165) is 0 Å². The minimum absolute atomic E-state index is 0.0604. The van der Waals surface area contributed by atoms with Crippen molar-refractivity contribution in [2.24, 2.45) is 11.5 Å². The molecule has 14 heteroatoms. The fourth-order valence-corrected chi connectivity index (χ4v) is 2.98. The molecule has 0 fully saturated rings. The van der Waals surface area contributed by atoms with Crippen LogP contribution in [0.5, 0.6) is 0 Å². The quantitative estimate of drug-likeness (QED) is 0.112. The van der Waals surface area contributed by atoms with E-state index in [1.54, 1.807) is 0 Å². The molecule has 1 heterocycles. The van der Waals surface area contributed by atoms with Gasteiger partial charge in [0.25, 0.3) is 0 Å². The van der Waals surface area contributed by atoms with E-state index in [1.165, 1.54) is 26.4 Å². The van der Waals surface area contributed by atoms with Crippen LogP contribution in [0, 0.1) is 0 Å². The zero-order chi connectivity index (χ0) is 25.8. The number of rotatable bonds is 15. The Bertz CT molecular complexity index is 801. The molecule has 0 radical (unpaired) electrons. The summed E-state index contributed by atoms with van der Waals surface area (Å²) in [7, 11) is 0. The van der Waals surface area contributed by atoms with E-state index in [1.807, 2.05) is 0 Å². The Morgan fingerprint density at radius 1 is 1.00 bits per heavy atom. The van der Waals surface area contributed by atoms with E-state index in [2.05, 4.69) is 25.9 Å². The molecule has 14 nitrogen and oxygen atoms in total. The second-order valence-corrected chi connectivity index (χ2v) is 8.02. The van der Waals surface area contributed by atoms with E-state index < -0.39 is 60.1 Å². The van der Waals surface area contributed by atoms with Crippen LogP contribution in [0.25, 0.3) is 0 Å². The zero-order valence-corrected chi connectivity index (χ0v) is 19.2. The van der Waals surface area contributed by atoms with Gasteiger partial charge in [0.2, 0.25) is 17.7 Å². The molecule has 0 aliphatic rings. The SMILES string of the molecule is C[C@@H](O)[C@H](N)C(=O)N[C@@H](Cc1cnc[nH]1)C(=O)N[C@H](C(=O)N[C@@H](CCCCN)C(=O)O)[C@@H](C)O. The lowest BCUT2D eigenvalue weighted by Crippen LogP contribution is -2.60. The van der Waals surface area contributed by atoms with Gasteiger partial charge in [-0.05, 0) is 39.7 Å². The van der Waals surface area contributed by atoms with Gasteiger partial charge in [-0.25, -0.2) is 9.78 Å². The molecule has 1 aromatic heterocycles. The second-order valence-electron chi connectivity index (χ2n) is 8.02. The summed E-state index contributed by atoms with van der Waals surface area (Å²) in [6, 6.07) is -5.29. The molecule has 0 aliphatic carbocycles. The number of amides is 3. The highest BCUT2D eigenvalue weighted by molar-refractivity contribution is 5.94. The van der Waals surface area contributed by atoms with Crippen LogP contribution in [-0.2, 0) is 25.6 Å². The Morgan fingerprint density at radius 2 is 1.65 bits per heavy atom. The molecule has 0 bridgehead atoms. The second kappa shape index (κ2) is 14.2. The first-order chi connectivity index (χ1) is 16.0. The standard InChI is InChI=1S/C20H35N7O7/c1-10(28)15(22)18(31)26-14(7-12-8-23-9-24-12)17(30)27-16(11(2)29)19(32)25-13(20(33)34)5-3-4-6-21/h8-11,13-16,28-29H,3-7,21-22H2,1-2H3,(H,23,24)(H,25,32)(H,26,31)(H,27,30)(H,33,34)/t10-,11-,13+,14+,15+,16+/m1/s1. The van der Waals surface area contributed by atoms with Crippen LogP contribution in [0.1, 0.15) is 38.8 Å². The maximum atomic E-state index is 13.0. The number of carboxylic acid groups (broad SMARTS) is 1. The van der Waals surface area contributed by atoms with Crippen LogP contribution >= 0.6 is 0 Å². The lowest BCUT2D eigenvalue weighted by molar-refractivity contribution is -0.143. The van der Waals surface area contributed by atoms with Gasteiger partial charge < -0.3 is 47.7 Å². The predicted molar refractivity (Wildman–Crippen MR) is 120 cm³/mol. The van der Waals surface area contributed by atoms with Gasteiger partial charge in [0.15, 0.2) is 0 Å². The molecule has 0 aromatic carbocycles. The molecule has 0 saturated carbocycles. The van der Waals surface area contributed by atoms with Crippen LogP contribution in [0.2, 0.25) is 0 Å². The monoisotopic (exact) mass is 485 g/mol. The highest BCUT2D eigenvalue weighted by Crippen LogP contribution is 2.05. The Kier molecular flexibility index (Phi) is 12.1. The van der Waals surface area contributed by atoms with E-state index in [9.17, 15) is 34.5 Å². The van der Waals surface area contributed by atoms with Crippen molar-refractivity contribution in [2.75, 3.05) is 6.54 Å². The molecule has 1 aromatic rings. The molecule has 0 saturated heterocycles. The van der Waals surface area contributed by atoms with E-state index in [0.29, 0.717) is 25.1 Å². The lowest BCUT2D eigenvalue weighted by Gasteiger charge is -2.26. The van der Waals surface area contributed by atoms with E-state index >= 15 is 0 Å². The Morgan fingerprint density at radius 3 is 2.15 bits per heavy atom. The van der Waals surface area contributed by atoms with Gasteiger partial charge in [0, 0.05) is 18.3 Å². The summed E-state index contributed by atoms with van der Waals surface area (Å²) in [5, 5.41) is 36.1. The third-order valence-electron chi connectivity index (χ3n) is 5.06. The number of aliphatic carboxylic acids is 1. The average molecular weight is 486 g/mol. The third kappa shape index (κ3) is 9.43. The zero-order valence-electron chi connectivity index (χ0n) is 19.2. The number of aromatic amines is 1. The van der Waals surface area contributed by atoms with Crippen molar-refractivity contribution in [1.82, 2.24) is 25.9 Å². The topological polar surface area (TPSA) is 246 Å². The van der Waals surface area contributed by atoms with Gasteiger partial charge in [-0.3, -0.25) is 14.4 Å². The molecule has 34 heavy (non-hydrogen) atoms. The van der Waals surface area contributed by atoms with Crippen molar-refractivity contribution in [3.63, 3.8) is 0 Å². The molecule has 3 amide bonds. The number of aliphatic hydroxyl groups excluding tert-OH is 2. The first kappa shape index (κ1) is 29.0. The number of carbonyl (C=O) groups excluding carboxylic acids is 3. The molecule has 0 spiro atoms. The van der Waals surface area contributed by atoms with Gasteiger partial charge in [-0.2, -0.15) is 0 Å². The molecule has 1 rings (SSSR count). The number of aliphatic hydroxyl groups is 2. The van der Waals surface area contributed by atoms with E-state index in [-0.39, 0.29) is 12.8 Å². The van der Waals surface area contributed by atoms with Gasteiger partial charge in [0.05, 0.1) is 18.5 Å². The lowest BCUT2D eigenvalue weighted by atomic mass is 10.1. The van der Waals surface area contributed by atoms with Crippen molar-refractivity contribution in [3.05, 3.63) is 18.2 Å². The average Bonchev–Trinajstić information content (AvgIpc) is 3.28. The van der Waals surface area contributed by atoms with Crippen molar-refractivity contribution >= 4 is 23.7 Å². The Hall–Kier alpha value is -3.07. The number of nitrogens with one attached hydrogen (secondary N) is 4. The molecular formula is C20H35N7O7. The van der Waals surface area contributed by atoms with Crippen molar-refractivity contribution < 1.29 is 34.5 Å². The summed E-state index contributed by atoms with van der Waals surface area (Å²) in [5.41, 5.74) is 11.5. The predicted octanol–water partition coefficient (Wildman–Crippen LogP) is -3.29. The van der Waals surface area contributed by atoms with Crippen molar-refractivity contribution in [3.8, 4) is 0 Å². The first-order valence-electron chi connectivity index (χ1n) is 10.9. The summed E-state index contributed by atoms with van der Waals surface area (Å²) in [6.07, 6.45) is 1.32. The van der Waals surface area contributed by atoms with Crippen LogP contribution in [-0.4, -0.2) is 91.9 Å². The summed E-state index contributed by atoms with van der Waals surface area (Å²) in [5.74, 6) is -3.82. The van der Waals surface area contributed by atoms with Crippen molar-refractivity contribution in [2.45, 2.75) is 75.9 Å².